The van der Waals surface area contributed by atoms with E-state index in [2.05, 4.69) is 31.1 Å². The van der Waals surface area contributed by atoms with Gasteiger partial charge in [-0.15, -0.1) is 0 Å². The van der Waals surface area contributed by atoms with Crippen molar-refractivity contribution in [1.29, 1.82) is 0 Å². The highest BCUT2D eigenvalue weighted by Crippen LogP contribution is 2.28. The van der Waals surface area contributed by atoms with E-state index in [0.717, 1.165) is 0 Å². The molecule has 116 valence electrons. The van der Waals surface area contributed by atoms with Crippen LogP contribution in [0.15, 0.2) is 26.2 Å². The molecule has 0 bridgehead atoms. The zero-order valence-corrected chi connectivity index (χ0v) is 14.4. The summed E-state index contributed by atoms with van der Waals surface area (Å²) in [5, 5.41) is 7.11. The van der Waals surface area contributed by atoms with Gasteiger partial charge in [0.25, 0.3) is 10.0 Å². The molecule has 0 amide bonds. The summed E-state index contributed by atoms with van der Waals surface area (Å²) in [4.78, 5) is 0.0682. The van der Waals surface area contributed by atoms with E-state index in [9.17, 15) is 8.42 Å². The summed E-state index contributed by atoms with van der Waals surface area (Å²) < 4.78 is 34.6. The van der Waals surface area contributed by atoms with E-state index in [-0.39, 0.29) is 9.56 Å². The molecule has 0 aromatic carbocycles. The van der Waals surface area contributed by atoms with Crippen LogP contribution in [0.3, 0.4) is 0 Å². The zero-order chi connectivity index (χ0) is 15.6. The Kier molecular flexibility index (Phi) is 4.74. The van der Waals surface area contributed by atoms with Crippen LogP contribution in [0.25, 0.3) is 0 Å². The normalized spacial score (nSPS) is 11.8. The molecular weight excluding hydrogens is 360 g/mol. The average molecular weight is 377 g/mol. The van der Waals surface area contributed by atoms with Crippen molar-refractivity contribution in [1.82, 2.24) is 15.1 Å². The van der Waals surface area contributed by atoms with E-state index in [1.54, 1.807) is 25.0 Å². The van der Waals surface area contributed by atoms with Crippen molar-refractivity contribution in [2.75, 3.05) is 11.8 Å². The van der Waals surface area contributed by atoms with Gasteiger partial charge in [-0.1, -0.05) is 6.92 Å². The highest BCUT2D eigenvalue weighted by molar-refractivity contribution is 9.10. The summed E-state index contributed by atoms with van der Waals surface area (Å²) in [6.07, 6.45) is 2.27. The van der Waals surface area contributed by atoms with Crippen LogP contribution in [0.1, 0.15) is 18.4 Å². The predicted molar refractivity (Wildman–Crippen MR) is 82.6 cm³/mol. The maximum Gasteiger partial charge on any atom is 0.266 e. The molecule has 21 heavy (non-hydrogen) atoms. The first kappa shape index (κ1) is 16.1. The maximum atomic E-state index is 12.5. The van der Waals surface area contributed by atoms with Crippen molar-refractivity contribution >= 4 is 31.6 Å². The second-order valence-electron chi connectivity index (χ2n) is 4.50. The average Bonchev–Trinajstić information content (AvgIpc) is 2.93. The molecule has 0 aliphatic heterocycles. The van der Waals surface area contributed by atoms with Crippen molar-refractivity contribution in [2.24, 2.45) is 7.05 Å². The van der Waals surface area contributed by atoms with Crippen LogP contribution in [-0.2, 0) is 30.0 Å². The molecule has 0 saturated carbocycles. The van der Waals surface area contributed by atoms with E-state index in [1.165, 1.54) is 6.07 Å². The van der Waals surface area contributed by atoms with Crippen molar-refractivity contribution in [3.8, 4) is 0 Å². The van der Waals surface area contributed by atoms with E-state index in [1.807, 2.05) is 6.92 Å². The van der Waals surface area contributed by atoms with Crippen LogP contribution in [0.2, 0.25) is 0 Å². The minimum Gasteiger partial charge on any atom is -0.451 e. The summed E-state index contributed by atoms with van der Waals surface area (Å²) in [7, 11) is -0.231. The highest BCUT2D eigenvalue weighted by Gasteiger charge is 2.24. The Morgan fingerprint density at radius 3 is 2.81 bits per heavy atom. The number of rotatable bonds is 6. The smallest absolute Gasteiger partial charge is 0.266 e. The van der Waals surface area contributed by atoms with Crippen LogP contribution in [0.5, 0.6) is 0 Å². The first-order chi connectivity index (χ1) is 9.87. The van der Waals surface area contributed by atoms with Crippen molar-refractivity contribution < 1.29 is 12.8 Å². The number of hydrogen-bond donors (Lipinski definition) is 2. The van der Waals surface area contributed by atoms with Crippen molar-refractivity contribution in [2.45, 2.75) is 24.8 Å². The molecule has 0 aliphatic rings. The Morgan fingerprint density at radius 2 is 2.19 bits per heavy atom. The molecule has 2 heterocycles. The fourth-order valence-electron chi connectivity index (χ4n) is 1.92. The Morgan fingerprint density at radius 1 is 1.48 bits per heavy atom. The second-order valence-corrected chi connectivity index (χ2v) is 6.87. The predicted octanol–water partition coefficient (Wildman–Crippen LogP) is 1.86. The van der Waals surface area contributed by atoms with Crippen molar-refractivity contribution in [3.05, 3.63) is 28.4 Å². The number of anilines is 1. The molecule has 2 aromatic rings. The SMILES string of the molecule is CCc1nn(C)cc1NS(=O)(=O)c1cc(CNC)oc1Br. The Bertz CT molecular complexity index is 736. The lowest BCUT2D eigenvalue weighted by molar-refractivity contribution is 0.470. The molecule has 2 N–H and O–H groups in total. The van der Waals surface area contributed by atoms with E-state index < -0.39 is 10.0 Å². The second kappa shape index (κ2) is 6.20. The van der Waals surface area contributed by atoms with Crippen LogP contribution in [0, 0.1) is 0 Å². The van der Waals surface area contributed by atoms with Crippen LogP contribution >= 0.6 is 15.9 Å². The molecule has 0 spiro atoms. The van der Waals surface area contributed by atoms with E-state index >= 15 is 0 Å². The molecule has 0 fully saturated rings. The minimum absolute atomic E-state index is 0.0682. The van der Waals surface area contributed by atoms with Crippen LogP contribution in [-0.4, -0.2) is 25.2 Å². The topological polar surface area (TPSA) is 89.2 Å². The number of sulfonamides is 1. The number of hydrogen-bond acceptors (Lipinski definition) is 5. The lowest BCUT2D eigenvalue weighted by Gasteiger charge is -2.05. The molecule has 0 saturated heterocycles. The van der Waals surface area contributed by atoms with Gasteiger partial charge in [-0.25, -0.2) is 8.42 Å². The van der Waals surface area contributed by atoms with Gasteiger partial charge >= 0.3 is 0 Å². The molecule has 0 atom stereocenters. The van der Waals surface area contributed by atoms with E-state index in [0.29, 0.717) is 30.1 Å². The zero-order valence-electron chi connectivity index (χ0n) is 12.0. The van der Waals surface area contributed by atoms with Gasteiger partial charge < -0.3 is 9.73 Å². The lowest BCUT2D eigenvalue weighted by atomic mass is 10.3. The highest BCUT2D eigenvalue weighted by atomic mass is 79.9. The molecule has 0 unspecified atom stereocenters. The summed E-state index contributed by atoms with van der Waals surface area (Å²) in [6.45, 7) is 2.36. The van der Waals surface area contributed by atoms with Gasteiger partial charge in [0.15, 0.2) is 4.67 Å². The number of nitrogens with zero attached hydrogens (tertiary/aromatic N) is 2. The van der Waals surface area contributed by atoms with Gasteiger partial charge in [-0.3, -0.25) is 9.40 Å². The number of furan rings is 1. The third-order valence-electron chi connectivity index (χ3n) is 2.83. The van der Waals surface area contributed by atoms with Crippen molar-refractivity contribution in [3.63, 3.8) is 0 Å². The quantitative estimate of drug-likeness (QED) is 0.802. The lowest BCUT2D eigenvalue weighted by Crippen LogP contribution is -2.13. The summed E-state index contributed by atoms with van der Waals surface area (Å²) in [5.74, 6) is 0.534. The summed E-state index contributed by atoms with van der Waals surface area (Å²) in [5.41, 5.74) is 1.17. The first-order valence-electron chi connectivity index (χ1n) is 6.35. The Labute approximate surface area is 131 Å². The maximum absolute atomic E-state index is 12.5. The van der Waals surface area contributed by atoms with E-state index in [4.69, 9.17) is 4.42 Å². The Balaban J connectivity index is 2.33. The molecule has 0 radical (unpaired) electrons. The van der Waals surface area contributed by atoms with Gasteiger partial charge in [0.05, 0.1) is 17.9 Å². The molecule has 0 aliphatic carbocycles. The largest absolute Gasteiger partial charge is 0.451 e. The number of aromatic nitrogens is 2. The fraction of sp³-hybridized carbons (Fsp3) is 0.417. The number of nitrogens with one attached hydrogen (secondary N) is 2. The third kappa shape index (κ3) is 3.47. The standard InChI is InChI=1S/C12H17BrN4O3S/c1-4-9-10(7-17(3)15-9)16-21(18,19)11-5-8(6-14-2)20-12(11)13/h5,7,14,16H,4,6H2,1-3H3. The van der Waals surface area contributed by atoms with Gasteiger partial charge in [-0.05, 0) is 29.4 Å². The number of halogens is 1. The summed E-state index contributed by atoms with van der Waals surface area (Å²) in [6, 6.07) is 1.49. The van der Waals surface area contributed by atoms with Gasteiger partial charge in [-0.2, -0.15) is 5.10 Å². The molecule has 9 heteroatoms. The number of aryl methyl sites for hydroxylation is 2. The fourth-order valence-corrected chi connectivity index (χ4v) is 3.99. The first-order valence-corrected chi connectivity index (χ1v) is 8.63. The third-order valence-corrected chi connectivity index (χ3v) is 5.05. The molecule has 2 rings (SSSR count). The van der Waals surface area contributed by atoms with Crippen LogP contribution in [0.4, 0.5) is 5.69 Å². The minimum atomic E-state index is -3.73. The molecule has 7 nitrogen and oxygen atoms in total. The molecule has 2 aromatic heterocycles. The monoisotopic (exact) mass is 376 g/mol. The molecular formula is C12H17BrN4O3S. The van der Waals surface area contributed by atoms with Crippen LogP contribution < -0.4 is 10.0 Å². The Hall–Kier alpha value is -1.32. The van der Waals surface area contributed by atoms with Gasteiger partial charge in [0.1, 0.15) is 10.7 Å². The van der Waals surface area contributed by atoms with Gasteiger partial charge in [0, 0.05) is 19.3 Å². The summed E-state index contributed by atoms with van der Waals surface area (Å²) >= 11 is 3.14. The van der Waals surface area contributed by atoms with Gasteiger partial charge in [0.2, 0.25) is 0 Å².